The van der Waals surface area contributed by atoms with Gasteiger partial charge in [0.05, 0.1) is 12.2 Å². The monoisotopic (exact) mass is 175 g/mol. The number of methoxy groups -OCH3 is 1. The second kappa shape index (κ2) is 6.40. The molecule has 0 bridgehead atoms. The number of rotatable bonds is 6. The van der Waals surface area contributed by atoms with Gasteiger partial charge in [-0.2, -0.15) is 0 Å². The number of hydrogen-bond acceptors (Lipinski definition) is 3. The van der Waals surface area contributed by atoms with Gasteiger partial charge in [0.1, 0.15) is 0 Å². The molecule has 2 atom stereocenters. The van der Waals surface area contributed by atoms with Gasteiger partial charge < -0.3 is 15.2 Å². The molecule has 74 valence electrons. The van der Waals surface area contributed by atoms with Gasteiger partial charge in [0.15, 0.2) is 0 Å². The third-order valence-electron chi connectivity index (χ3n) is 1.91. The van der Waals surface area contributed by atoms with Crippen LogP contribution in [0.15, 0.2) is 0 Å². The number of nitrogens with two attached hydrogens (primary N) is 1. The minimum absolute atomic E-state index is 0.0278. The highest BCUT2D eigenvalue weighted by atomic mass is 16.5. The highest BCUT2D eigenvalue weighted by molar-refractivity contribution is 4.74. The average Bonchev–Trinajstić information content (AvgIpc) is 2.03. The Morgan fingerprint density at radius 2 is 1.92 bits per heavy atom. The molecule has 0 heterocycles. The van der Waals surface area contributed by atoms with Crippen LogP contribution in [-0.2, 0) is 9.47 Å². The first-order chi connectivity index (χ1) is 5.67. The van der Waals surface area contributed by atoms with Crippen LogP contribution in [0, 0.1) is 5.92 Å². The van der Waals surface area contributed by atoms with Crippen molar-refractivity contribution < 1.29 is 9.47 Å². The molecule has 0 rings (SSSR count). The van der Waals surface area contributed by atoms with E-state index in [4.69, 9.17) is 15.2 Å². The van der Waals surface area contributed by atoms with Gasteiger partial charge in [0.25, 0.3) is 0 Å². The topological polar surface area (TPSA) is 44.5 Å². The summed E-state index contributed by atoms with van der Waals surface area (Å²) in [5.41, 5.74) is 5.57. The van der Waals surface area contributed by atoms with Gasteiger partial charge in [-0.05, 0) is 12.8 Å². The average molecular weight is 175 g/mol. The van der Waals surface area contributed by atoms with Crippen LogP contribution in [0.5, 0.6) is 0 Å². The standard InChI is InChI=1S/C9H21NO2/c1-5-12-8(6-10)9(11-4)7(2)3/h7-9H,5-6,10H2,1-4H3. The quantitative estimate of drug-likeness (QED) is 0.655. The fraction of sp³-hybridized carbons (Fsp3) is 1.00. The fourth-order valence-electron chi connectivity index (χ4n) is 1.36. The minimum atomic E-state index is 0.0278. The van der Waals surface area contributed by atoms with Crippen molar-refractivity contribution in [2.45, 2.75) is 33.0 Å². The summed E-state index contributed by atoms with van der Waals surface area (Å²) in [6, 6.07) is 0. The molecule has 0 saturated carbocycles. The summed E-state index contributed by atoms with van der Waals surface area (Å²) in [5.74, 6) is 0.440. The highest BCUT2D eigenvalue weighted by Crippen LogP contribution is 2.12. The molecule has 0 spiro atoms. The van der Waals surface area contributed by atoms with E-state index in [-0.39, 0.29) is 12.2 Å². The van der Waals surface area contributed by atoms with Crippen LogP contribution in [0.2, 0.25) is 0 Å². The lowest BCUT2D eigenvalue weighted by Crippen LogP contribution is -2.40. The van der Waals surface area contributed by atoms with Crippen molar-refractivity contribution in [1.82, 2.24) is 0 Å². The lowest BCUT2D eigenvalue weighted by Gasteiger charge is -2.27. The predicted octanol–water partition coefficient (Wildman–Crippen LogP) is 1.02. The van der Waals surface area contributed by atoms with Crippen molar-refractivity contribution >= 4 is 0 Å². The summed E-state index contributed by atoms with van der Waals surface area (Å²) >= 11 is 0. The number of ether oxygens (including phenoxy) is 2. The maximum atomic E-state index is 5.57. The van der Waals surface area contributed by atoms with Gasteiger partial charge in [-0.25, -0.2) is 0 Å². The van der Waals surface area contributed by atoms with Crippen molar-refractivity contribution in [1.29, 1.82) is 0 Å². The molecule has 0 aromatic carbocycles. The Bertz CT molecular complexity index is 107. The summed E-state index contributed by atoms with van der Waals surface area (Å²) in [5, 5.41) is 0. The first-order valence-electron chi connectivity index (χ1n) is 4.51. The normalized spacial score (nSPS) is 16.5. The molecule has 3 nitrogen and oxygen atoms in total. The second-order valence-corrected chi connectivity index (χ2v) is 3.17. The summed E-state index contributed by atoms with van der Waals surface area (Å²) in [4.78, 5) is 0. The van der Waals surface area contributed by atoms with Gasteiger partial charge in [0, 0.05) is 20.3 Å². The van der Waals surface area contributed by atoms with Gasteiger partial charge in [-0.15, -0.1) is 0 Å². The van der Waals surface area contributed by atoms with Crippen molar-refractivity contribution in [2.75, 3.05) is 20.3 Å². The smallest absolute Gasteiger partial charge is 0.0960 e. The van der Waals surface area contributed by atoms with Gasteiger partial charge >= 0.3 is 0 Å². The van der Waals surface area contributed by atoms with Crippen LogP contribution >= 0.6 is 0 Å². The Morgan fingerprint density at radius 1 is 1.33 bits per heavy atom. The molecule has 0 radical (unpaired) electrons. The SMILES string of the molecule is CCOC(CN)C(OC)C(C)C. The molecule has 2 N–H and O–H groups in total. The zero-order valence-corrected chi connectivity index (χ0v) is 8.54. The van der Waals surface area contributed by atoms with Gasteiger partial charge in [-0.1, -0.05) is 13.8 Å². The van der Waals surface area contributed by atoms with Gasteiger partial charge in [0.2, 0.25) is 0 Å². The molecule has 0 fully saturated rings. The van der Waals surface area contributed by atoms with Crippen LogP contribution in [0.25, 0.3) is 0 Å². The minimum Gasteiger partial charge on any atom is -0.378 e. The van der Waals surface area contributed by atoms with E-state index in [0.29, 0.717) is 19.1 Å². The molecular weight excluding hydrogens is 154 g/mol. The van der Waals surface area contributed by atoms with E-state index in [2.05, 4.69) is 13.8 Å². The lowest BCUT2D eigenvalue weighted by molar-refractivity contribution is -0.0673. The van der Waals surface area contributed by atoms with Crippen molar-refractivity contribution in [3.63, 3.8) is 0 Å². The van der Waals surface area contributed by atoms with Crippen LogP contribution < -0.4 is 5.73 Å². The van der Waals surface area contributed by atoms with Crippen molar-refractivity contribution in [2.24, 2.45) is 11.7 Å². The summed E-state index contributed by atoms with van der Waals surface area (Å²) in [7, 11) is 1.70. The molecule has 0 aliphatic rings. The van der Waals surface area contributed by atoms with E-state index < -0.39 is 0 Å². The Hall–Kier alpha value is -0.120. The Balaban J connectivity index is 4.02. The summed E-state index contributed by atoms with van der Waals surface area (Å²) < 4.78 is 10.8. The first kappa shape index (κ1) is 11.9. The molecule has 0 aliphatic carbocycles. The predicted molar refractivity (Wildman–Crippen MR) is 50.1 cm³/mol. The fourth-order valence-corrected chi connectivity index (χ4v) is 1.36. The highest BCUT2D eigenvalue weighted by Gasteiger charge is 2.23. The molecule has 0 aromatic heterocycles. The lowest BCUT2D eigenvalue weighted by atomic mass is 10.0. The van der Waals surface area contributed by atoms with E-state index in [1.165, 1.54) is 0 Å². The maximum Gasteiger partial charge on any atom is 0.0960 e. The van der Waals surface area contributed by atoms with Crippen LogP contribution in [0.1, 0.15) is 20.8 Å². The molecule has 0 amide bonds. The number of hydrogen-bond donors (Lipinski definition) is 1. The molecule has 0 aromatic rings. The molecule has 12 heavy (non-hydrogen) atoms. The van der Waals surface area contributed by atoms with Crippen molar-refractivity contribution in [3.05, 3.63) is 0 Å². The maximum absolute atomic E-state index is 5.57. The van der Waals surface area contributed by atoms with E-state index in [9.17, 15) is 0 Å². The van der Waals surface area contributed by atoms with E-state index in [1.807, 2.05) is 6.92 Å². The molecular formula is C9H21NO2. The van der Waals surface area contributed by atoms with E-state index in [0.717, 1.165) is 0 Å². The molecule has 3 heteroatoms. The Labute approximate surface area is 75.2 Å². The molecule has 0 aliphatic heterocycles. The van der Waals surface area contributed by atoms with Crippen LogP contribution in [0.4, 0.5) is 0 Å². The van der Waals surface area contributed by atoms with E-state index in [1.54, 1.807) is 7.11 Å². The third kappa shape index (κ3) is 3.52. The van der Waals surface area contributed by atoms with E-state index >= 15 is 0 Å². The molecule has 2 unspecified atom stereocenters. The zero-order valence-electron chi connectivity index (χ0n) is 8.54. The van der Waals surface area contributed by atoms with Crippen molar-refractivity contribution in [3.8, 4) is 0 Å². The zero-order chi connectivity index (χ0) is 9.56. The Morgan fingerprint density at radius 3 is 2.17 bits per heavy atom. The Kier molecular flexibility index (Phi) is 6.34. The summed E-state index contributed by atoms with van der Waals surface area (Å²) in [6.45, 7) is 7.39. The largest absolute Gasteiger partial charge is 0.378 e. The van der Waals surface area contributed by atoms with Gasteiger partial charge in [-0.3, -0.25) is 0 Å². The summed E-state index contributed by atoms with van der Waals surface area (Å²) in [6.07, 6.45) is 0.134. The third-order valence-corrected chi connectivity index (χ3v) is 1.91. The molecule has 0 saturated heterocycles. The van der Waals surface area contributed by atoms with Crippen LogP contribution in [0.3, 0.4) is 0 Å². The van der Waals surface area contributed by atoms with Crippen LogP contribution in [-0.4, -0.2) is 32.5 Å². The first-order valence-corrected chi connectivity index (χ1v) is 4.51. The second-order valence-electron chi connectivity index (χ2n) is 3.17.